The highest BCUT2D eigenvalue weighted by molar-refractivity contribution is 5.05. The number of hydrogen-bond donors (Lipinski definition) is 0. The van der Waals surface area contributed by atoms with Crippen LogP contribution in [0.5, 0.6) is 0 Å². The SMILES string of the molecule is CCCCCCCCCCc1cn(C)c(=O)n(C)c1=O. The summed E-state index contributed by atoms with van der Waals surface area (Å²) in [5.41, 5.74) is 0.353. The van der Waals surface area contributed by atoms with Crippen molar-refractivity contribution in [2.75, 3.05) is 0 Å². The molecule has 0 spiro atoms. The lowest BCUT2D eigenvalue weighted by Crippen LogP contribution is -2.38. The van der Waals surface area contributed by atoms with Crippen molar-refractivity contribution in [2.24, 2.45) is 14.1 Å². The Labute approximate surface area is 121 Å². The molecular weight excluding hydrogens is 252 g/mol. The van der Waals surface area contributed by atoms with E-state index >= 15 is 0 Å². The molecule has 1 aromatic heterocycles. The fourth-order valence-corrected chi connectivity index (χ4v) is 2.50. The van der Waals surface area contributed by atoms with Crippen molar-refractivity contribution in [3.63, 3.8) is 0 Å². The Morgan fingerprint density at radius 2 is 1.45 bits per heavy atom. The molecule has 1 heterocycles. The minimum atomic E-state index is -0.255. The Morgan fingerprint density at radius 3 is 2.05 bits per heavy atom. The maximum absolute atomic E-state index is 11.9. The van der Waals surface area contributed by atoms with Crippen LogP contribution in [0.4, 0.5) is 0 Å². The highest BCUT2D eigenvalue weighted by atomic mass is 16.2. The predicted octanol–water partition coefficient (Wildman–Crippen LogP) is 2.77. The van der Waals surface area contributed by atoms with E-state index in [1.165, 1.54) is 47.7 Å². The van der Waals surface area contributed by atoms with Crippen molar-refractivity contribution in [3.8, 4) is 0 Å². The van der Waals surface area contributed by atoms with Gasteiger partial charge >= 0.3 is 5.69 Å². The van der Waals surface area contributed by atoms with Gasteiger partial charge in [0.05, 0.1) is 0 Å². The van der Waals surface area contributed by atoms with Crippen LogP contribution in [-0.2, 0) is 20.5 Å². The molecule has 0 amide bonds. The van der Waals surface area contributed by atoms with E-state index in [2.05, 4.69) is 6.92 Å². The third kappa shape index (κ3) is 4.99. The maximum atomic E-state index is 11.9. The fraction of sp³-hybridized carbons (Fsp3) is 0.750. The van der Waals surface area contributed by atoms with E-state index in [-0.39, 0.29) is 11.2 Å². The number of hydrogen-bond acceptors (Lipinski definition) is 2. The number of rotatable bonds is 9. The first-order valence-electron chi connectivity index (χ1n) is 7.83. The molecule has 0 atom stereocenters. The van der Waals surface area contributed by atoms with E-state index in [1.54, 1.807) is 20.3 Å². The molecule has 0 aromatic carbocycles. The summed E-state index contributed by atoms with van der Waals surface area (Å²) in [6.45, 7) is 2.23. The second-order valence-corrected chi connectivity index (χ2v) is 5.64. The number of unbranched alkanes of at least 4 members (excludes halogenated alkanes) is 7. The van der Waals surface area contributed by atoms with Crippen LogP contribution >= 0.6 is 0 Å². The van der Waals surface area contributed by atoms with Gasteiger partial charge < -0.3 is 4.57 Å². The summed E-state index contributed by atoms with van der Waals surface area (Å²) in [5.74, 6) is 0. The quantitative estimate of drug-likeness (QED) is 0.653. The molecule has 0 bridgehead atoms. The van der Waals surface area contributed by atoms with Crippen molar-refractivity contribution >= 4 is 0 Å². The lowest BCUT2D eigenvalue weighted by Gasteiger charge is -2.06. The van der Waals surface area contributed by atoms with E-state index < -0.39 is 0 Å². The molecule has 4 nitrogen and oxygen atoms in total. The largest absolute Gasteiger partial charge is 0.330 e. The van der Waals surface area contributed by atoms with Gasteiger partial charge in [0.25, 0.3) is 5.56 Å². The van der Waals surface area contributed by atoms with Crippen LogP contribution in [0.25, 0.3) is 0 Å². The number of nitrogens with zero attached hydrogens (tertiary/aromatic N) is 2. The third-order valence-corrected chi connectivity index (χ3v) is 3.82. The van der Waals surface area contributed by atoms with Crippen molar-refractivity contribution in [3.05, 3.63) is 32.6 Å². The average molecular weight is 280 g/mol. The van der Waals surface area contributed by atoms with Crippen LogP contribution < -0.4 is 11.2 Å². The zero-order valence-electron chi connectivity index (χ0n) is 13.2. The van der Waals surface area contributed by atoms with Crippen LogP contribution in [0.15, 0.2) is 15.8 Å². The van der Waals surface area contributed by atoms with Gasteiger partial charge in [0.1, 0.15) is 0 Å². The molecule has 20 heavy (non-hydrogen) atoms. The minimum Gasteiger partial charge on any atom is -0.303 e. The summed E-state index contributed by atoms with van der Waals surface area (Å²) in [7, 11) is 3.24. The maximum Gasteiger partial charge on any atom is 0.330 e. The lowest BCUT2D eigenvalue weighted by atomic mass is 10.1. The van der Waals surface area contributed by atoms with Gasteiger partial charge in [-0.3, -0.25) is 9.36 Å². The van der Waals surface area contributed by atoms with Gasteiger partial charge in [0, 0.05) is 25.9 Å². The van der Waals surface area contributed by atoms with Gasteiger partial charge in [-0.15, -0.1) is 0 Å². The van der Waals surface area contributed by atoms with E-state index in [0.29, 0.717) is 0 Å². The van der Waals surface area contributed by atoms with Crippen LogP contribution in [0.2, 0.25) is 0 Å². The molecule has 114 valence electrons. The standard InChI is InChI=1S/C16H28N2O2/c1-4-5-6-7-8-9-10-11-12-14-13-17(2)16(20)18(3)15(14)19/h13H,4-12H2,1-3H3. The first-order chi connectivity index (χ1) is 9.57. The van der Waals surface area contributed by atoms with Crippen molar-refractivity contribution in [2.45, 2.75) is 64.7 Å². The second kappa shape index (κ2) is 8.77. The topological polar surface area (TPSA) is 44.0 Å². The van der Waals surface area contributed by atoms with E-state index in [0.717, 1.165) is 24.8 Å². The van der Waals surface area contributed by atoms with Gasteiger partial charge in [0.15, 0.2) is 0 Å². The van der Waals surface area contributed by atoms with Crippen LogP contribution in [0, 0.1) is 0 Å². The summed E-state index contributed by atoms with van der Waals surface area (Å²) in [4.78, 5) is 23.5. The molecule has 0 unspecified atom stereocenters. The first kappa shape index (κ1) is 16.7. The summed E-state index contributed by atoms with van der Waals surface area (Å²) < 4.78 is 2.68. The second-order valence-electron chi connectivity index (χ2n) is 5.64. The lowest BCUT2D eigenvalue weighted by molar-refractivity contribution is 0.571. The molecule has 0 fully saturated rings. The highest BCUT2D eigenvalue weighted by Gasteiger charge is 2.06. The van der Waals surface area contributed by atoms with Gasteiger partial charge in [-0.05, 0) is 12.8 Å². The third-order valence-electron chi connectivity index (χ3n) is 3.82. The molecule has 0 saturated carbocycles. The Hall–Kier alpha value is -1.32. The van der Waals surface area contributed by atoms with Crippen LogP contribution in [-0.4, -0.2) is 9.13 Å². The zero-order valence-corrected chi connectivity index (χ0v) is 13.2. The Bertz CT molecular complexity index is 514. The summed E-state index contributed by atoms with van der Waals surface area (Å²) >= 11 is 0. The average Bonchev–Trinajstić information content (AvgIpc) is 2.44. The zero-order chi connectivity index (χ0) is 15.0. The van der Waals surface area contributed by atoms with Crippen molar-refractivity contribution in [1.29, 1.82) is 0 Å². The highest BCUT2D eigenvalue weighted by Crippen LogP contribution is 2.09. The molecule has 1 rings (SSSR count). The normalized spacial score (nSPS) is 10.9. The van der Waals surface area contributed by atoms with Crippen molar-refractivity contribution < 1.29 is 0 Å². The molecule has 4 heteroatoms. The van der Waals surface area contributed by atoms with Crippen molar-refractivity contribution in [1.82, 2.24) is 9.13 Å². The van der Waals surface area contributed by atoms with Gasteiger partial charge in [0.2, 0.25) is 0 Å². The Kier molecular flexibility index (Phi) is 7.34. The molecule has 1 aromatic rings. The molecule has 0 radical (unpaired) electrons. The first-order valence-corrected chi connectivity index (χ1v) is 7.83. The van der Waals surface area contributed by atoms with E-state index in [1.807, 2.05) is 0 Å². The summed E-state index contributed by atoms with van der Waals surface area (Å²) in [6, 6.07) is 0. The van der Waals surface area contributed by atoms with E-state index in [9.17, 15) is 9.59 Å². The predicted molar refractivity (Wildman–Crippen MR) is 83.2 cm³/mol. The fourth-order valence-electron chi connectivity index (χ4n) is 2.50. The van der Waals surface area contributed by atoms with Gasteiger partial charge in [-0.1, -0.05) is 51.9 Å². The minimum absolute atomic E-state index is 0.143. The molecular formula is C16H28N2O2. The number of aryl methyl sites for hydroxylation is 2. The number of aromatic nitrogens is 2. The van der Waals surface area contributed by atoms with Gasteiger partial charge in [-0.2, -0.15) is 0 Å². The Balaban J connectivity index is 2.33. The monoisotopic (exact) mass is 280 g/mol. The molecule has 0 aliphatic rings. The smallest absolute Gasteiger partial charge is 0.303 e. The van der Waals surface area contributed by atoms with E-state index in [4.69, 9.17) is 0 Å². The Morgan fingerprint density at radius 1 is 0.900 bits per heavy atom. The summed E-state index contributed by atoms with van der Waals surface area (Å²) in [6.07, 6.45) is 12.5. The summed E-state index contributed by atoms with van der Waals surface area (Å²) in [5, 5.41) is 0. The molecule has 0 aliphatic heterocycles. The molecule has 0 saturated heterocycles. The molecule has 0 N–H and O–H groups in total. The van der Waals surface area contributed by atoms with Crippen LogP contribution in [0.1, 0.15) is 63.9 Å². The van der Waals surface area contributed by atoms with Gasteiger partial charge in [-0.25, -0.2) is 4.79 Å². The van der Waals surface area contributed by atoms with Crippen LogP contribution in [0.3, 0.4) is 0 Å². The molecule has 0 aliphatic carbocycles.